The predicted molar refractivity (Wildman–Crippen MR) is 89.6 cm³/mol. The molecule has 2 aromatic carbocycles. The molecule has 3 aromatic rings. The van der Waals surface area contributed by atoms with Gasteiger partial charge in [-0.15, -0.1) is 0 Å². The van der Waals surface area contributed by atoms with Gasteiger partial charge < -0.3 is 5.73 Å². The van der Waals surface area contributed by atoms with E-state index >= 15 is 0 Å². The standard InChI is InChI=1S/C17H15N3OS/c1-11-7-8-14-13(9-11)16(12-5-3-2-4-6-12)20-17(19-14)22-10-15(18)21/h2-9H,10H2,1H3,(H2,18,21). The largest absolute Gasteiger partial charge is 0.369 e. The van der Waals surface area contributed by atoms with Crippen LogP contribution in [0.2, 0.25) is 0 Å². The fraction of sp³-hybridized carbons (Fsp3) is 0.118. The van der Waals surface area contributed by atoms with Gasteiger partial charge in [-0.05, 0) is 19.1 Å². The molecule has 0 saturated carbocycles. The van der Waals surface area contributed by atoms with Crippen molar-refractivity contribution in [2.75, 3.05) is 5.75 Å². The van der Waals surface area contributed by atoms with E-state index in [4.69, 9.17) is 5.73 Å². The number of rotatable bonds is 4. The predicted octanol–water partition coefficient (Wildman–Crippen LogP) is 3.18. The molecule has 1 heterocycles. The van der Waals surface area contributed by atoms with E-state index in [1.165, 1.54) is 11.8 Å². The van der Waals surface area contributed by atoms with Gasteiger partial charge in [0.05, 0.1) is 17.0 Å². The van der Waals surface area contributed by atoms with Crippen LogP contribution in [0.4, 0.5) is 0 Å². The van der Waals surface area contributed by atoms with E-state index in [9.17, 15) is 4.79 Å². The van der Waals surface area contributed by atoms with E-state index in [1.807, 2.05) is 49.4 Å². The summed E-state index contributed by atoms with van der Waals surface area (Å²) >= 11 is 1.26. The molecule has 0 unspecified atom stereocenters. The molecular formula is C17H15N3OS. The Hall–Kier alpha value is -2.40. The van der Waals surface area contributed by atoms with E-state index in [-0.39, 0.29) is 11.7 Å². The third kappa shape index (κ3) is 3.09. The molecule has 1 amide bonds. The number of nitrogens with zero attached hydrogens (tertiary/aromatic N) is 2. The van der Waals surface area contributed by atoms with Crippen LogP contribution in [-0.4, -0.2) is 21.6 Å². The Morgan fingerprint density at radius 3 is 2.64 bits per heavy atom. The molecule has 0 aliphatic rings. The molecule has 0 saturated heterocycles. The fourth-order valence-electron chi connectivity index (χ4n) is 2.24. The molecule has 0 radical (unpaired) electrons. The van der Waals surface area contributed by atoms with Crippen molar-refractivity contribution in [3.63, 3.8) is 0 Å². The lowest BCUT2D eigenvalue weighted by atomic mass is 10.1. The maximum absolute atomic E-state index is 11.0. The molecule has 2 N–H and O–H groups in total. The van der Waals surface area contributed by atoms with Crippen LogP contribution in [0.5, 0.6) is 0 Å². The summed E-state index contributed by atoms with van der Waals surface area (Å²) in [6.07, 6.45) is 0. The summed E-state index contributed by atoms with van der Waals surface area (Å²) in [7, 11) is 0. The van der Waals surface area contributed by atoms with Crippen LogP contribution in [0.1, 0.15) is 5.56 Å². The number of hydrogen-bond donors (Lipinski definition) is 1. The molecule has 1 aromatic heterocycles. The van der Waals surface area contributed by atoms with Crippen LogP contribution in [0.15, 0.2) is 53.7 Å². The second kappa shape index (κ2) is 6.15. The van der Waals surface area contributed by atoms with E-state index in [0.717, 1.165) is 27.7 Å². The second-order valence-corrected chi connectivity index (χ2v) is 5.94. The Kier molecular flexibility index (Phi) is 4.06. The smallest absolute Gasteiger partial charge is 0.227 e. The number of benzene rings is 2. The van der Waals surface area contributed by atoms with Gasteiger partial charge in [0.1, 0.15) is 0 Å². The Labute approximate surface area is 132 Å². The highest BCUT2D eigenvalue weighted by molar-refractivity contribution is 7.99. The SMILES string of the molecule is Cc1ccc2nc(SCC(N)=O)nc(-c3ccccc3)c2c1. The molecule has 3 rings (SSSR count). The highest BCUT2D eigenvalue weighted by atomic mass is 32.2. The number of aryl methyl sites for hydroxylation is 1. The lowest BCUT2D eigenvalue weighted by Crippen LogP contribution is -2.13. The number of carbonyl (C=O) groups is 1. The second-order valence-electron chi connectivity index (χ2n) is 5.00. The zero-order valence-electron chi connectivity index (χ0n) is 12.1. The zero-order valence-corrected chi connectivity index (χ0v) is 12.9. The van der Waals surface area contributed by atoms with E-state index in [1.54, 1.807) is 0 Å². The molecule has 0 bridgehead atoms. The van der Waals surface area contributed by atoms with Crippen molar-refractivity contribution >= 4 is 28.6 Å². The van der Waals surface area contributed by atoms with Crippen LogP contribution in [0.3, 0.4) is 0 Å². The normalized spacial score (nSPS) is 10.8. The van der Waals surface area contributed by atoms with Crippen LogP contribution in [-0.2, 0) is 4.79 Å². The Bertz CT molecular complexity index is 834. The first-order valence-electron chi connectivity index (χ1n) is 6.88. The number of nitrogens with two attached hydrogens (primary N) is 1. The van der Waals surface area contributed by atoms with Gasteiger partial charge in [0.2, 0.25) is 5.91 Å². The molecule has 0 atom stereocenters. The molecule has 0 fully saturated rings. The number of aromatic nitrogens is 2. The average Bonchev–Trinajstić information content (AvgIpc) is 2.53. The van der Waals surface area contributed by atoms with Crippen molar-refractivity contribution in [3.8, 4) is 11.3 Å². The lowest BCUT2D eigenvalue weighted by Gasteiger charge is -2.09. The summed E-state index contributed by atoms with van der Waals surface area (Å²) in [5.74, 6) is -0.204. The fourth-order valence-corrected chi connectivity index (χ4v) is 2.83. The summed E-state index contributed by atoms with van der Waals surface area (Å²) in [6.45, 7) is 2.05. The number of hydrogen-bond acceptors (Lipinski definition) is 4. The first kappa shape index (κ1) is 14.5. The van der Waals surface area contributed by atoms with Crippen molar-refractivity contribution < 1.29 is 4.79 Å². The van der Waals surface area contributed by atoms with Gasteiger partial charge in [0.25, 0.3) is 0 Å². The molecule has 5 heteroatoms. The zero-order chi connectivity index (χ0) is 15.5. The number of fused-ring (bicyclic) bond motifs is 1. The molecule has 0 aliphatic heterocycles. The minimum atomic E-state index is -0.376. The summed E-state index contributed by atoms with van der Waals surface area (Å²) < 4.78 is 0. The molecule has 0 aliphatic carbocycles. The van der Waals surface area contributed by atoms with Crippen molar-refractivity contribution in [2.24, 2.45) is 5.73 Å². The average molecular weight is 309 g/mol. The van der Waals surface area contributed by atoms with Gasteiger partial charge in [0, 0.05) is 10.9 Å². The first-order chi connectivity index (χ1) is 10.6. The third-order valence-electron chi connectivity index (χ3n) is 3.22. The van der Waals surface area contributed by atoms with Gasteiger partial charge in [-0.1, -0.05) is 53.7 Å². The van der Waals surface area contributed by atoms with Gasteiger partial charge in [-0.25, -0.2) is 9.97 Å². The summed E-state index contributed by atoms with van der Waals surface area (Å²) in [4.78, 5) is 20.1. The van der Waals surface area contributed by atoms with Gasteiger partial charge in [-0.3, -0.25) is 4.79 Å². The highest BCUT2D eigenvalue weighted by Gasteiger charge is 2.11. The maximum Gasteiger partial charge on any atom is 0.227 e. The van der Waals surface area contributed by atoms with E-state index in [0.29, 0.717) is 5.16 Å². The van der Waals surface area contributed by atoms with Crippen molar-refractivity contribution in [3.05, 3.63) is 54.1 Å². The lowest BCUT2D eigenvalue weighted by molar-refractivity contribution is -0.115. The Morgan fingerprint density at radius 1 is 1.14 bits per heavy atom. The summed E-state index contributed by atoms with van der Waals surface area (Å²) in [5.41, 5.74) is 9.14. The summed E-state index contributed by atoms with van der Waals surface area (Å²) in [5, 5.41) is 1.57. The van der Waals surface area contributed by atoms with Crippen molar-refractivity contribution in [2.45, 2.75) is 12.1 Å². The maximum atomic E-state index is 11.0. The number of carbonyl (C=O) groups excluding carboxylic acids is 1. The minimum Gasteiger partial charge on any atom is -0.369 e. The van der Waals surface area contributed by atoms with Crippen LogP contribution in [0, 0.1) is 6.92 Å². The number of primary amides is 1. The summed E-state index contributed by atoms with van der Waals surface area (Å²) in [6, 6.07) is 16.1. The third-order valence-corrected chi connectivity index (χ3v) is 4.09. The van der Waals surface area contributed by atoms with Crippen LogP contribution in [0.25, 0.3) is 22.2 Å². The molecule has 22 heavy (non-hydrogen) atoms. The van der Waals surface area contributed by atoms with E-state index < -0.39 is 0 Å². The molecule has 110 valence electrons. The number of thioether (sulfide) groups is 1. The van der Waals surface area contributed by atoms with Crippen molar-refractivity contribution in [1.29, 1.82) is 0 Å². The number of amides is 1. The topological polar surface area (TPSA) is 68.9 Å². The van der Waals surface area contributed by atoms with Gasteiger partial charge in [0.15, 0.2) is 5.16 Å². The first-order valence-corrected chi connectivity index (χ1v) is 7.87. The van der Waals surface area contributed by atoms with Gasteiger partial charge >= 0.3 is 0 Å². The quantitative estimate of drug-likeness (QED) is 0.593. The van der Waals surface area contributed by atoms with Crippen molar-refractivity contribution in [1.82, 2.24) is 9.97 Å². The Balaban J connectivity index is 2.17. The van der Waals surface area contributed by atoms with Gasteiger partial charge in [-0.2, -0.15) is 0 Å². The molecule has 0 spiro atoms. The minimum absolute atomic E-state index is 0.172. The molecule has 4 nitrogen and oxygen atoms in total. The molecular weight excluding hydrogens is 294 g/mol. The van der Waals surface area contributed by atoms with Crippen LogP contribution < -0.4 is 5.73 Å². The Morgan fingerprint density at radius 2 is 1.91 bits per heavy atom. The van der Waals surface area contributed by atoms with E-state index in [2.05, 4.69) is 16.0 Å². The van der Waals surface area contributed by atoms with Crippen LogP contribution >= 0.6 is 11.8 Å². The monoisotopic (exact) mass is 309 g/mol. The highest BCUT2D eigenvalue weighted by Crippen LogP contribution is 2.29.